The largest absolute Gasteiger partial charge is 0.375 e. The Hall–Kier alpha value is -0.870. The number of nitrogens with two attached hydrogens (primary N) is 1. The van der Waals surface area contributed by atoms with Gasteiger partial charge in [-0.25, -0.2) is 4.98 Å². The molecule has 0 amide bonds. The van der Waals surface area contributed by atoms with Gasteiger partial charge in [-0.2, -0.15) is 0 Å². The Morgan fingerprint density at radius 1 is 1.42 bits per heavy atom. The lowest BCUT2D eigenvalue weighted by Crippen LogP contribution is -1.82. The van der Waals surface area contributed by atoms with E-state index < -0.39 is 0 Å². The number of thiophene rings is 1. The number of aromatic nitrogens is 1. The van der Waals surface area contributed by atoms with Crippen LogP contribution in [0, 0.1) is 6.92 Å². The van der Waals surface area contributed by atoms with Crippen LogP contribution in [0.3, 0.4) is 0 Å². The second kappa shape index (κ2) is 2.88. The van der Waals surface area contributed by atoms with E-state index in [0.29, 0.717) is 5.13 Å². The first kappa shape index (κ1) is 7.76. The molecule has 4 heteroatoms. The minimum absolute atomic E-state index is 0.635. The molecule has 0 bridgehead atoms. The van der Waals surface area contributed by atoms with Gasteiger partial charge in [0.25, 0.3) is 0 Å². The van der Waals surface area contributed by atoms with Crippen LogP contribution in [0.25, 0.3) is 11.3 Å². The predicted molar refractivity (Wildman–Crippen MR) is 54.6 cm³/mol. The monoisotopic (exact) mass is 196 g/mol. The Morgan fingerprint density at radius 2 is 2.25 bits per heavy atom. The maximum Gasteiger partial charge on any atom is 0.180 e. The number of aryl methyl sites for hydroxylation is 1. The molecule has 0 radical (unpaired) electrons. The molecule has 0 aromatic carbocycles. The first-order valence-electron chi connectivity index (χ1n) is 3.53. The van der Waals surface area contributed by atoms with Gasteiger partial charge in [-0.15, -0.1) is 22.7 Å². The standard InChI is InChI=1S/C8H8N2S2/c1-5-6(2-3-11-5)7-4-12-8(9)10-7/h2-4H,1H3,(H2,9,10). The Morgan fingerprint density at radius 3 is 2.75 bits per heavy atom. The molecule has 2 aromatic heterocycles. The highest BCUT2D eigenvalue weighted by molar-refractivity contribution is 7.14. The van der Waals surface area contributed by atoms with Crippen LogP contribution in [0.4, 0.5) is 5.13 Å². The third kappa shape index (κ3) is 1.23. The maximum absolute atomic E-state index is 5.55. The Kier molecular flexibility index (Phi) is 1.86. The number of nitrogens with zero attached hydrogens (tertiary/aromatic N) is 1. The number of rotatable bonds is 1. The van der Waals surface area contributed by atoms with Crippen LogP contribution in [0.2, 0.25) is 0 Å². The summed E-state index contributed by atoms with van der Waals surface area (Å²) in [6.07, 6.45) is 0. The molecule has 2 rings (SSSR count). The molecular formula is C8H8N2S2. The van der Waals surface area contributed by atoms with E-state index in [2.05, 4.69) is 23.4 Å². The zero-order chi connectivity index (χ0) is 8.55. The molecular weight excluding hydrogens is 188 g/mol. The van der Waals surface area contributed by atoms with Gasteiger partial charge in [0, 0.05) is 15.8 Å². The van der Waals surface area contributed by atoms with E-state index in [1.165, 1.54) is 21.8 Å². The van der Waals surface area contributed by atoms with Gasteiger partial charge in [-0.3, -0.25) is 0 Å². The average molecular weight is 196 g/mol. The SMILES string of the molecule is Cc1sccc1-c1csc(N)n1. The van der Waals surface area contributed by atoms with E-state index in [9.17, 15) is 0 Å². The van der Waals surface area contributed by atoms with Crippen LogP contribution in [0.1, 0.15) is 4.88 Å². The zero-order valence-electron chi connectivity index (χ0n) is 6.57. The molecule has 0 atom stereocenters. The molecule has 2 aromatic rings. The van der Waals surface area contributed by atoms with Gasteiger partial charge in [0.05, 0.1) is 5.69 Å². The first-order chi connectivity index (χ1) is 5.77. The highest BCUT2D eigenvalue weighted by Gasteiger charge is 2.05. The average Bonchev–Trinajstić information content (AvgIpc) is 2.58. The molecule has 0 aliphatic carbocycles. The molecule has 62 valence electrons. The fraction of sp³-hybridized carbons (Fsp3) is 0.125. The number of nitrogen functional groups attached to an aromatic ring is 1. The lowest BCUT2D eigenvalue weighted by atomic mass is 10.2. The van der Waals surface area contributed by atoms with Crippen molar-refractivity contribution < 1.29 is 0 Å². The third-order valence-corrected chi connectivity index (χ3v) is 3.18. The van der Waals surface area contributed by atoms with Crippen LogP contribution >= 0.6 is 22.7 Å². The minimum atomic E-state index is 0.635. The minimum Gasteiger partial charge on any atom is -0.375 e. The van der Waals surface area contributed by atoms with Crippen molar-refractivity contribution in [3.63, 3.8) is 0 Å². The second-order valence-electron chi connectivity index (χ2n) is 2.46. The molecule has 0 unspecified atom stereocenters. The van der Waals surface area contributed by atoms with Crippen LogP contribution in [-0.4, -0.2) is 4.98 Å². The van der Waals surface area contributed by atoms with Gasteiger partial charge in [-0.1, -0.05) is 0 Å². The Labute approximate surface area is 78.7 Å². The highest BCUT2D eigenvalue weighted by Crippen LogP contribution is 2.28. The molecule has 0 saturated carbocycles. The van der Waals surface area contributed by atoms with Crippen LogP contribution in [0.15, 0.2) is 16.8 Å². The van der Waals surface area contributed by atoms with Crippen LogP contribution in [0.5, 0.6) is 0 Å². The highest BCUT2D eigenvalue weighted by atomic mass is 32.1. The summed E-state index contributed by atoms with van der Waals surface area (Å²) in [4.78, 5) is 5.51. The summed E-state index contributed by atoms with van der Waals surface area (Å²) in [6, 6.07) is 2.08. The molecule has 2 heterocycles. The van der Waals surface area contributed by atoms with Crippen molar-refractivity contribution in [3.8, 4) is 11.3 Å². The second-order valence-corrected chi connectivity index (χ2v) is 4.47. The smallest absolute Gasteiger partial charge is 0.180 e. The Bertz CT molecular complexity index is 389. The zero-order valence-corrected chi connectivity index (χ0v) is 8.21. The summed E-state index contributed by atoms with van der Waals surface area (Å²) in [5, 5.41) is 4.69. The van der Waals surface area contributed by atoms with E-state index in [1.54, 1.807) is 11.3 Å². The van der Waals surface area contributed by atoms with E-state index in [1.807, 2.05) is 5.38 Å². The maximum atomic E-state index is 5.55. The quantitative estimate of drug-likeness (QED) is 0.761. The summed E-state index contributed by atoms with van der Waals surface area (Å²) in [7, 11) is 0. The van der Waals surface area contributed by atoms with Crippen molar-refractivity contribution in [1.82, 2.24) is 4.98 Å². The van der Waals surface area contributed by atoms with Gasteiger partial charge in [-0.05, 0) is 18.4 Å². The van der Waals surface area contributed by atoms with E-state index in [0.717, 1.165) is 5.69 Å². The lowest BCUT2D eigenvalue weighted by Gasteiger charge is -1.91. The molecule has 0 saturated heterocycles. The number of hydrogen-bond donors (Lipinski definition) is 1. The van der Waals surface area contributed by atoms with Gasteiger partial charge >= 0.3 is 0 Å². The normalized spacial score (nSPS) is 10.4. The van der Waals surface area contributed by atoms with Gasteiger partial charge < -0.3 is 5.73 Å². The van der Waals surface area contributed by atoms with E-state index in [4.69, 9.17) is 5.73 Å². The lowest BCUT2D eigenvalue weighted by molar-refractivity contribution is 1.41. The summed E-state index contributed by atoms with van der Waals surface area (Å²) in [5.41, 5.74) is 7.74. The number of thiazole rings is 1. The van der Waals surface area contributed by atoms with Crippen molar-refractivity contribution in [2.24, 2.45) is 0 Å². The predicted octanol–water partition coefficient (Wildman–Crippen LogP) is 2.76. The van der Waals surface area contributed by atoms with Gasteiger partial charge in [0.1, 0.15) is 0 Å². The molecule has 2 nitrogen and oxygen atoms in total. The molecule has 0 aliphatic heterocycles. The fourth-order valence-electron chi connectivity index (χ4n) is 1.06. The fourth-order valence-corrected chi connectivity index (χ4v) is 2.33. The van der Waals surface area contributed by atoms with Crippen molar-refractivity contribution in [2.75, 3.05) is 5.73 Å². The third-order valence-electron chi connectivity index (χ3n) is 1.66. The van der Waals surface area contributed by atoms with Crippen molar-refractivity contribution in [1.29, 1.82) is 0 Å². The van der Waals surface area contributed by atoms with Crippen LogP contribution in [-0.2, 0) is 0 Å². The van der Waals surface area contributed by atoms with Crippen LogP contribution < -0.4 is 5.73 Å². The molecule has 2 N–H and O–H groups in total. The topological polar surface area (TPSA) is 38.9 Å². The molecule has 0 aliphatic rings. The van der Waals surface area contributed by atoms with Crippen molar-refractivity contribution in [2.45, 2.75) is 6.92 Å². The first-order valence-corrected chi connectivity index (χ1v) is 5.29. The molecule has 12 heavy (non-hydrogen) atoms. The van der Waals surface area contributed by atoms with E-state index >= 15 is 0 Å². The van der Waals surface area contributed by atoms with Crippen molar-refractivity contribution in [3.05, 3.63) is 21.7 Å². The summed E-state index contributed by atoms with van der Waals surface area (Å²) >= 11 is 3.21. The van der Waals surface area contributed by atoms with Gasteiger partial charge in [0.15, 0.2) is 5.13 Å². The number of anilines is 1. The van der Waals surface area contributed by atoms with Gasteiger partial charge in [0.2, 0.25) is 0 Å². The Balaban J connectivity index is 2.50. The molecule has 0 spiro atoms. The number of hydrogen-bond acceptors (Lipinski definition) is 4. The summed E-state index contributed by atoms with van der Waals surface area (Å²) in [5.74, 6) is 0. The summed E-state index contributed by atoms with van der Waals surface area (Å²) in [6.45, 7) is 2.09. The van der Waals surface area contributed by atoms with E-state index in [-0.39, 0.29) is 0 Å². The van der Waals surface area contributed by atoms with Crippen molar-refractivity contribution >= 4 is 27.8 Å². The summed E-state index contributed by atoms with van der Waals surface area (Å²) < 4.78 is 0. The molecule has 0 fully saturated rings.